The van der Waals surface area contributed by atoms with E-state index < -0.39 is 0 Å². The predicted molar refractivity (Wildman–Crippen MR) is 105 cm³/mol. The molecule has 2 unspecified atom stereocenters. The van der Waals surface area contributed by atoms with Crippen LogP contribution in [0.2, 0.25) is 0 Å². The molecule has 6 nitrogen and oxygen atoms in total. The van der Waals surface area contributed by atoms with E-state index in [1.165, 1.54) is 0 Å². The zero-order valence-corrected chi connectivity index (χ0v) is 16.1. The second-order valence-electron chi connectivity index (χ2n) is 6.50. The Morgan fingerprint density at radius 1 is 1.38 bits per heavy atom. The Morgan fingerprint density at radius 2 is 2.15 bits per heavy atom. The summed E-state index contributed by atoms with van der Waals surface area (Å²) in [4.78, 5) is 12.4. The van der Waals surface area contributed by atoms with E-state index in [-0.39, 0.29) is 24.4 Å². The van der Waals surface area contributed by atoms with Gasteiger partial charge in [-0.2, -0.15) is 5.10 Å². The highest BCUT2D eigenvalue weighted by Gasteiger charge is 2.17. The second-order valence-corrected chi connectivity index (χ2v) is 6.50. The maximum absolute atomic E-state index is 12.4. The molecule has 7 heteroatoms. The normalized spacial score (nSPS) is 17.8. The van der Waals surface area contributed by atoms with Gasteiger partial charge in [-0.05, 0) is 63.1 Å². The van der Waals surface area contributed by atoms with Crippen molar-refractivity contribution in [3.63, 3.8) is 0 Å². The fraction of sp³-hybridized carbons (Fsp3) is 0.474. The molecule has 1 aliphatic rings. The summed E-state index contributed by atoms with van der Waals surface area (Å²) in [6, 6.07) is 9.52. The molecule has 1 aromatic carbocycles. The predicted octanol–water partition coefficient (Wildman–Crippen LogP) is 3.66. The number of aromatic nitrogens is 2. The lowest BCUT2D eigenvalue weighted by molar-refractivity contribution is 0.102. The summed E-state index contributed by atoms with van der Waals surface area (Å²) in [7, 11) is 0. The minimum Gasteiger partial charge on any atom is -0.491 e. The summed E-state index contributed by atoms with van der Waals surface area (Å²) < 4.78 is 7.64. The number of benzene rings is 1. The van der Waals surface area contributed by atoms with Crippen LogP contribution in [0.4, 0.5) is 5.69 Å². The molecule has 2 atom stereocenters. The molecule has 0 radical (unpaired) electrons. The van der Waals surface area contributed by atoms with Gasteiger partial charge in [0.05, 0.1) is 12.1 Å². The second kappa shape index (κ2) is 9.59. The van der Waals surface area contributed by atoms with Crippen molar-refractivity contribution in [2.24, 2.45) is 0 Å². The average Bonchev–Trinajstić information content (AvgIpc) is 3.14. The van der Waals surface area contributed by atoms with Crippen LogP contribution in [0.5, 0.6) is 5.75 Å². The number of rotatable bonds is 6. The van der Waals surface area contributed by atoms with Gasteiger partial charge in [0, 0.05) is 18.4 Å². The maximum Gasteiger partial charge on any atom is 0.276 e. The summed E-state index contributed by atoms with van der Waals surface area (Å²) in [5, 5.41) is 10.7. The third kappa shape index (κ3) is 5.22. The van der Waals surface area contributed by atoms with Crippen LogP contribution in [0.25, 0.3) is 0 Å². The van der Waals surface area contributed by atoms with Crippen LogP contribution >= 0.6 is 12.4 Å². The highest BCUT2D eigenvalue weighted by atomic mass is 35.5. The highest BCUT2D eigenvalue weighted by Crippen LogP contribution is 2.19. The van der Waals surface area contributed by atoms with E-state index in [0.717, 1.165) is 43.8 Å². The first-order valence-electron chi connectivity index (χ1n) is 8.99. The standard InChI is InChI=1S/C19H26N4O2.ClH/c1-3-14(2)25-17-8-6-15(7-9-17)21-19(24)18-10-12-23(22-18)16-5-4-11-20-13-16;/h6-10,12,14,16,20H,3-5,11,13H2,1-2H3,(H,21,24);1H. The fourth-order valence-electron chi connectivity index (χ4n) is 2.85. The van der Waals surface area contributed by atoms with Crippen LogP contribution in [0.15, 0.2) is 36.5 Å². The summed E-state index contributed by atoms with van der Waals surface area (Å²) in [5.74, 6) is 0.611. The number of halogens is 1. The summed E-state index contributed by atoms with van der Waals surface area (Å²) >= 11 is 0. The number of anilines is 1. The number of nitrogens with one attached hydrogen (secondary N) is 2. The molecule has 0 saturated carbocycles. The van der Waals surface area contributed by atoms with E-state index in [4.69, 9.17) is 4.74 Å². The van der Waals surface area contributed by atoms with Crippen molar-refractivity contribution in [3.05, 3.63) is 42.2 Å². The van der Waals surface area contributed by atoms with Crippen LogP contribution in [-0.4, -0.2) is 34.9 Å². The largest absolute Gasteiger partial charge is 0.491 e. The monoisotopic (exact) mass is 378 g/mol. The van der Waals surface area contributed by atoms with E-state index in [1.54, 1.807) is 6.07 Å². The Kier molecular flexibility index (Phi) is 7.48. The molecule has 1 aliphatic heterocycles. The number of carbonyl (C=O) groups is 1. The number of nitrogens with zero attached hydrogens (tertiary/aromatic N) is 2. The van der Waals surface area contributed by atoms with Gasteiger partial charge in [-0.25, -0.2) is 0 Å². The molecular formula is C19H27ClN4O2. The molecule has 1 fully saturated rings. The first-order chi connectivity index (χ1) is 12.2. The molecule has 0 spiro atoms. The summed E-state index contributed by atoms with van der Waals surface area (Å²) in [6.07, 6.45) is 5.25. The molecule has 26 heavy (non-hydrogen) atoms. The van der Waals surface area contributed by atoms with Crippen molar-refractivity contribution >= 4 is 24.0 Å². The topological polar surface area (TPSA) is 68.2 Å². The molecule has 2 aromatic rings. The lowest BCUT2D eigenvalue weighted by Crippen LogP contribution is -2.32. The quantitative estimate of drug-likeness (QED) is 0.804. The fourth-order valence-corrected chi connectivity index (χ4v) is 2.85. The maximum atomic E-state index is 12.4. The zero-order chi connectivity index (χ0) is 17.6. The molecule has 1 amide bonds. The van der Waals surface area contributed by atoms with Gasteiger partial charge < -0.3 is 15.4 Å². The van der Waals surface area contributed by atoms with E-state index in [1.807, 2.05) is 42.1 Å². The third-order valence-electron chi connectivity index (χ3n) is 4.51. The van der Waals surface area contributed by atoms with Gasteiger partial charge in [0.15, 0.2) is 5.69 Å². The average molecular weight is 379 g/mol. The van der Waals surface area contributed by atoms with Crippen LogP contribution in [0.3, 0.4) is 0 Å². The number of amides is 1. The zero-order valence-electron chi connectivity index (χ0n) is 15.3. The van der Waals surface area contributed by atoms with Crippen molar-refractivity contribution in [2.75, 3.05) is 18.4 Å². The third-order valence-corrected chi connectivity index (χ3v) is 4.51. The van der Waals surface area contributed by atoms with Gasteiger partial charge >= 0.3 is 0 Å². The molecule has 1 saturated heterocycles. The SMILES string of the molecule is CCC(C)Oc1ccc(NC(=O)c2ccn(C3CCCNC3)n2)cc1.Cl. The molecular weight excluding hydrogens is 352 g/mol. The first-order valence-corrected chi connectivity index (χ1v) is 8.99. The number of hydrogen-bond donors (Lipinski definition) is 2. The van der Waals surface area contributed by atoms with Crippen molar-refractivity contribution in [3.8, 4) is 5.75 Å². The molecule has 0 aliphatic carbocycles. The van der Waals surface area contributed by atoms with Crippen LogP contribution in [0.1, 0.15) is 49.6 Å². The van der Waals surface area contributed by atoms with Gasteiger partial charge in [-0.1, -0.05) is 6.92 Å². The number of carbonyl (C=O) groups excluding carboxylic acids is 1. The van der Waals surface area contributed by atoms with Crippen molar-refractivity contribution in [2.45, 2.75) is 45.3 Å². The number of ether oxygens (including phenoxy) is 1. The Balaban J connectivity index is 0.00000243. The highest BCUT2D eigenvalue weighted by molar-refractivity contribution is 6.02. The van der Waals surface area contributed by atoms with Gasteiger partial charge in [0.2, 0.25) is 0 Å². The van der Waals surface area contributed by atoms with Crippen molar-refractivity contribution in [1.29, 1.82) is 0 Å². The Morgan fingerprint density at radius 3 is 2.81 bits per heavy atom. The van der Waals surface area contributed by atoms with E-state index in [2.05, 4.69) is 22.7 Å². The lowest BCUT2D eigenvalue weighted by atomic mass is 10.1. The Labute approximate surface area is 160 Å². The lowest BCUT2D eigenvalue weighted by Gasteiger charge is -2.22. The summed E-state index contributed by atoms with van der Waals surface area (Å²) in [6.45, 7) is 6.08. The van der Waals surface area contributed by atoms with Crippen LogP contribution in [0, 0.1) is 0 Å². The van der Waals surface area contributed by atoms with E-state index in [9.17, 15) is 4.79 Å². The van der Waals surface area contributed by atoms with Gasteiger partial charge in [-0.15, -0.1) is 12.4 Å². The first kappa shape index (κ1) is 20.3. The van der Waals surface area contributed by atoms with Gasteiger partial charge in [0.25, 0.3) is 5.91 Å². The smallest absolute Gasteiger partial charge is 0.276 e. The van der Waals surface area contributed by atoms with Crippen molar-refractivity contribution in [1.82, 2.24) is 15.1 Å². The van der Waals surface area contributed by atoms with E-state index in [0.29, 0.717) is 11.7 Å². The molecule has 0 bridgehead atoms. The minimum atomic E-state index is -0.196. The molecule has 2 heterocycles. The van der Waals surface area contributed by atoms with Crippen molar-refractivity contribution < 1.29 is 9.53 Å². The van der Waals surface area contributed by atoms with Gasteiger partial charge in [-0.3, -0.25) is 9.48 Å². The number of piperidine rings is 1. The Hall–Kier alpha value is -2.05. The molecule has 142 valence electrons. The van der Waals surface area contributed by atoms with E-state index >= 15 is 0 Å². The molecule has 1 aromatic heterocycles. The summed E-state index contributed by atoms with van der Waals surface area (Å²) in [5.41, 5.74) is 1.17. The molecule has 3 rings (SSSR count). The number of hydrogen-bond acceptors (Lipinski definition) is 4. The van der Waals surface area contributed by atoms with Crippen LogP contribution in [-0.2, 0) is 0 Å². The minimum absolute atomic E-state index is 0. The van der Waals surface area contributed by atoms with Gasteiger partial charge in [0.1, 0.15) is 5.75 Å². The molecule has 2 N–H and O–H groups in total. The Bertz CT molecular complexity index is 696. The van der Waals surface area contributed by atoms with Crippen LogP contribution < -0.4 is 15.4 Å².